The number of carbonyl (C=O) groups is 2. The maximum absolute atomic E-state index is 13.2. The van der Waals surface area contributed by atoms with Crippen LogP contribution >= 0.6 is 11.6 Å². The van der Waals surface area contributed by atoms with Crippen molar-refractivity contribution in [1.29, 1.82) is 0 Å². The van der Waals surface area contributed by atoms with Crippen LogP contribution in [-0.2, 0) is 4.79 Å². The fraction of sp³-hybridized carbons (Fsp3) is 0.182. The predicted molar refractivity (Wildman–Crippen MR) is 107 cm³/mol. The molecule has 0 aliphatic carbocycles. The van der Waals surface area contributed by atoms with Gasteiger partial charge in [0.1, 0.15) is 5.76 Å². The molecule has 2 aromatic carbocycles. The molecule has 142 valence electrons. The zero-order valence-corrected chi connectivity index (χ0v) is 15.9. The van der Waals surface area contributed by atoms with Gasteiger partial charge in [0, 0.05) is 18.7 Å². The van der Waals surface area contributed by atoms with Gasteiger partial charge in [-0.2, -0.15) is 0 Å². The van der Waals surface area contributed by atoms with E-state index in [0.717, 1.165) is 11.1 Å². The molecule has 1 atom stereocenters. The van der Waals surface area contributed by atoms with Gasteiger partial charge in [-0.25, -0.2) is 0 Å². The molecule has 0 bridgehead atoms. The molecule has 3 aromatic rings. The second-order valence-corrected chi connectivity index (χ2v) is 7.03. The smallest absolute Gasteiger partial charge is 0.290 e. The van der Waals surface area contributed by atoms with E-state index in [2.05, 4.69) is 5.32 Å². The van der Waals surface area contributed by atoms with Crippen LogP contribution in [0.5, 0.6) is 0 Å². The van der Waals surface area contributed by atoms with Gasteiger partial charge in [0.15, 0.2) is 5.76 Å². The van der Waals surface area contributed by atoms with Crippen molar-refractivity contribution in [3.8, 4) is 11.3 Å². The lowest BCUT2D eigenvalue weighted by atomic mass is 10.0. The number of furan rings is 1. The third-order valence-corrected chi connectivity index (χ3v) is 5.16. The molecule has 0 saturated carbocycles. The largest absolute Gasteiger partial charge is 0.451 e. The number of hydrogen-bond donors (Lipinski definition) is 1. The molecule has 0 spiro atoms. The Morgan fingerprint density at radius 2 is 1.79 bits per heavy atom. The SMILES string of the molecule is O=C1C[C@H](c2ccccc2)N(C(=O)c2ccc(-c3ccccc3Cl)o2)CCN1. The summed E-state index contributed by atoms with van der Waals surface area (Å²) < 4.78 is 5.84. The topological polar surface area (TPSA) is 62.6 Å². The zero-order valence-electron chi connectivity index (χ0n) is 15.1. The van der Waals surface area contributed by atoms with Crippen LogP contribution in [0, 0.1) is 0 Å². The second kappa shape index (κ2) is 7.90. The molecular formula is C22H19ClN2O3. The highest BCUT2D eigenvalue weighted by atomic mass is 35.5. The minimum absolute atomic E-state index is 0.0691. The fourth-order valence-corrected chi connectivity index (χ4v) is 3.67. The minimum atomic E-state index is -0.343. The fourth-order valence-electron chi connectivity index (χ4n) is 3.45. The van der Waals surface area contributed by atoms with Gasteiger partial charge in [0.05, 0.1) is 17.5 Å². The third-order valence-electron chi connectivity index (χ3n) is 4.83. The van der Waals surface area contributed by atoms with E-state index >= 15 is 0 Å². The molecule has 1 fully saturated rings. The monoisotopic (exact) mass is 394 g/mol. The zero-order chi connectivity index (χ0) is 19.5. The average molecular weight is 395 g/mol. The highest BCUT2D eigenvalue weighted by Crippen LogP contribution is 2.31. The van der Waals surface area contributed by atoms with E-state index < -0.39 is 0 Å². The van der Waals surface area contributed by atoms with E-state index in [1.54, 1.807) is 23.1 Å². The number of nitrogens with one attached hydrogen (secondary N) is 1. The van der Waals surface area contributed by atoms with Crippen molar-refractivity contribution in [1.82, 2.24) is 10.2 Å². The Morgan fingerprint density at radius 1 is 1.04 bits per heavy atom. The highest BCUT2D eigenvalue weighted by molar-refractivity contribution is 6.33. The predicted octanol–water partition coefficient (Wildman–Crippen LogP) is 4.30. The molecule has 0 radical (unpaired) electrons. The van der Waals surface area contributed by atoms with Crippen LogP contribution in [0.15, 0.2) is 71.1 Å². The van der Waals surface area contributed by atoms with Crippen LogP contribution in [0.3, 0.4) is 0 Å². The molecule has 1 saturated heterocycles. The van der Waals surface area contributed by atoms with E-state index in [-0.39, 0.29) is 30.0 Å². The van der Waals surface area contributed by atoms with Gasteiger partial charge in [-0.05, 0) is 29.8 Å². The molecule has 2 heterocycles. The number of amides is 2. The lowest BCUT2D eigenvalue weighted by Crippen LogP contribution is -2.36. The first kappa shape index (κ1) is 18.3. The molecule has 1 aromatic heterocycles. The van der Waals surface area contributed by atoms with Crippen molar-refractivity contribution in [3.05, 3.63) is 83.1 Å². The van der Waals surface area contributed by atoms with Crippen molar-refractivity contribution in [2.75, 3.05) is 13.1 Å². The summed E-state index contributed by atoms with van der Waals surface area (Å²) in [6, 6.07) is 20.0. The van der Waals surface area contributed by atoms with Crippen LogP contribution in [0.1, 0.15) is 28.6 Å². The lowest BCUT2D eigenvalue weighted by Gasteiger charge is -2.28. The van der Waals surface area contributed by atoms with E-state index in [1.165, 1.54) is 0 Å². The molecular weight excluding hydrogens is 376 g/mol. The van der Waals surface area contributed by atoms with Crippen LogP contribution in [0.2, 0.25) is 5.02 Å². The van der Waals surface area contributed by atoms with Gasteiger partial charge in [0.2, 0.25) is 5.91 Å². The van der Waals surface area contributed by atoms with E-state index in [1.807, 2.05) is 48.5 Å². The molecule has 4 rings (SSSR count). The van der Waals surface area contributed by atoms with Crippen LogP contribution in [-0.4, -0.2) is 29.8 Å². The Morgan fingerprint density at radius 3 is 2.57 bits per heavy atom. The normalized spacial score (nSPS) is 17.1. The summed E-state index contributed by atoms with van der Waals surface area (Å²) in [6.07, 6.45) is 0.216. The number of carbonyl (C=O) groups excluding carboxylic acids is 2. The summed E-state index contributed by atoms with van der Waals surface area (Å²) in [5, 5.41) is 3.40. The second-order valence-electron chi connectivity index (χ2n) is 6.62. The van der Waals surface area contributed by atoms with E-state index in [0.29, 0.717) is 23.9 Å². The number of benzene rings is 2. The molecule has 5 nitrogen and oxygen atoms in total. The van der Waals surface area contributed by atoms with Crippen molar-refractivity contribution < 1.29 is 14.0 Å². The van der Waals surface area contributed by atoms with Gasteiger partial charge in [0.25, 0.3) is 5.91 Å². The summed E-state index contributed by atoms with van der Waals surface area (Å²) in [4.78, 5) is 27.0. The van der Waals surface area contributed by atoms with Crippen LogP contribution in [0.4, 0.5) is 0 Å². The van der Waals surface area contributed by atoms with Gasteiger partial charge in [-0.1, -0.05) is 54.1 Å². The Hall–Kier alpha value is -3.05. The van der Waals surface area contributed by atoms with E-state index in [4.69, 9.17) is 16.0 Å². The first-order valence-corrected chi connectivity index (χ1v) is 9.48. The molecule has 1 aliphatic heterocycles. The Labute approximate surface area is 167 Å². The Bertz CT molecular complexity index is 1000. The van der Waals surface area contributed by atoms with Crippen molar-refractivity contribution in [3.63, 3.8) is 0 Å². The van der Waals surface area contributed by atoms with Gasteiger partial charge < -0.3 is 14.6 Å². The minimum Gasteiger partial charge on any atom is -0.451 e. The highest BCUT2D eigenvalue weighted by Gasteiger charge is 2.31. The standard InChI is InChI=1S/C22H19ClN2O3/c23-17-9-5-4-8-16(17)19-10-11-20(28-19)22(27)25-13-12-24-21(26)14-18(25)15-6-2-1-3-7-15/h1-11,18H,12-14H2,(H,24,26)/t18-/m1/s1. The summed E-state index contributed by atoms with van der Waals surface area (Å²) in [7, 11) is 0. The maximum atomic E-state index is 13.2. The van der Waals surface area contributed by atoms with Crippen LogP contribution < -0.4 is 5.32 Å². The van der Waals surface area contributed by atoms with Crippen molar-refractivity contribution in [2.45, 2.75) is 12.5 Å². The van der Waals surface area contributed by atoms with Crippen molar-refractivity contribution in [2.24, 2.45) is 0 Å². The number of nitrogens with zero attached hydrogens (tertiary/aromatic N) is 1. The molecule has 1 N–H and O–H groups in total. The van der Waals surface area contributed by atoms with Gasteiger partial charge in [-0.15, -0.1) is 0 Å². The summed E-state index contributed by atoms with van der Waals surface area (Å²) >= 11 is 6.24. The number of hydrogen-bond acceptors (Lipinski definition) is 3. The van der Waals surface area contributed by atoms with E-state index in [9.17, 15) is 9.59 Å². The summed E-state index contributed by atoms with van der Waals surface area (Å²) in [5.41, 5.74) is 1.65. The van der Waals surface area contributed by atoms with Gasteiger partial charge >= 0.3 is 0 Å². The van der Waals surface area contributed by atoms with Crippen LogP contribution in [0.25, 0.3) is 11.3 Å². The summed E-state index contributed by atoms with van der Waals surface area (Å²) in [6.45, 7) is 0.818. The molecule has 28 heavy (non-hydrogen) atoms. The third kappa shape index (κ3) is 3.66. The lowest BCUT2D eigenvalue weighted by molar-refractivity contribution is -0.121. The quantitative estimate of drug-likeness (QED) is 0.720. The molecule has 2 amide bonds. The summed E-state index contributed by atoms with van der Waals surface area (Å²) in [5.74, 6) is 0.448. The molecule has 0 unspecified atom stereocenters. The van der Waals surface area contributed by atoms with Crippen molar-refractivity contribution >= 4 is 23.4 Å². The number of halogens is 1. The van der Waals surface area contributed by atoms with Gasteiger partial charge in [-0.3, -0.25) is 9.59 Å². The molecule has 6 heteroatoms. The number of rotatable bonds is 3. The Kier molecular flexibility index (Phi) is 5.17. The maximum Gasteiger partial charge on any atom is 0.290 e. The first-order chi connectivity index (χ1) is 13.6. The first-order valence-electron chi connectivity index (χ1n) is 9.11. The average Bonchev–Trinajstić information content (AvgIpc) is 3.12. The Balaban J connectivity index is 1.65. The molecule has 1 aliphatic rings.